The van der Waals surface area contributed by atoms with Gasteiger partial charge in [-0.1, -0.05) is 0 Å². The van der Waals surface area contributed by atoms with Crippen molar-refractivity contribution in [2.24, 2.45) is 16.2 Å². The Balaban J connectivity index is 0.000000575. The normalized spacial score (nSPS) is 22.5. The second kappa shape index (κ2) is 11.7. The fraction of sp³-hybridized carbons (Fsp3) is 0.364. The third-order valence-electron chi connectivity index (χ3n) is 6.89. The molecule has 6 heterocycles. The van der Waals surface area contributed by atoms with Gasteiger partial charge in [-0.3, -0.25) is 58.0 Å². The van der Waals surface area contributed by atoms with Crippen LogP contribution in [0.4, 0.5) is 0 Å². The first kappa shape index (κ1) is 38.6. The van der Waals surface area contributed by atoms with Gasteiger partial charge in [0, 0.05) is 60.4 Å². The van der Waals surface area contributed by atoms with Crippen LogP contribution in [0.5, 0.6) is 0 Å². The Morgan fingerprint density at radius 3 is 0.857 bits per heavy atom. The largest absolute Gasteiger partial charge is 2.00 e. The van der Waals surface area contributed by atoms with Gasteiger partial charge in [0.1, 0.15) is 0 Å². The molecule has 0 saturated carbocycles. The second-order valence-corrected chi connectivity index (χ2v) is 8.56. The van der Waals surface area contributed by atoms with E-state index in [-0.39, 0.29) is 75.2 Å². The van der Waals surface area contributed by atoms with Crippen molar-refractivity contribution < 1.29 is 111 Å². The van der Waals surface area contributed by atoms with Crippen LogP contribution in [0, 0.1) is 31.1 Å². The number of rotatable bonds is 1. The Labute approximate surface area is 276 Å². The van der Waals surface area contributed by atoms with Gasteiger partial charge < -0.3 is 44.7 Å². The van der Waals surface area contributed by atoms with Crippen molar-refractivity contribution in [1.29, 1.82) is 0 Å². The number of amides is 12. The van der Waals surface area contributed by atoms with E-state index in [1.54, 1.807) is 6.92 Å². The number of β-lactam (4-membered cyclic amide) rings is 12. The molecule has 0 aliphatic carbocycles. The number of nitrogens with zero attached hydrogens (tertiary/aromatic N) is 6. The van der Waals surface area contributed by atoms with Crippen molar-refractivity contribution in [3.63, 3.8) is 0 Å². The molecule has 3 spiro atoms. The summed E-state index contributed by atoms with van der Waals surface area (Å²) in [6.45, 7) is 1.81. The standard InChI is InChI=1S/C8H8N2O4.2C6H4N2O4.2CH3.W.Y/c1-3-10-6(13)8(7(10)14)4(11)9(2)5(8)12;2*1-8-4(11)6(5(8)12)2(9)7-3(6)10;;;;/h3H2,1-2H3;2*1H3,(H,7,9,10);2*1H3;;/q;;;2*-1;+2;/p-2. The molecule has 6 rings (SSSR count). The van der Waals surface area contributed by atoms with Crippen molar-refractivity contribution in [3.05, 3.63) is 25.5 Å². The summed E-state index contributed by atoms with van der Waals surface area (Å²) >= 11 is 0. The topological polar surface area (TPSA) is 246 Å². The summed E-state index contributed by atoms with van der Waals surface area (Å²) in [6, 6.07) is 0. The maximum absolute atomic E-state index is 11.4. The van der Waals surface area contributed by atoms with E-state index in [2.05, 4.69) is 10.6 Å². The fourth-order valence-corrected chi connectivity index (χ4v) is 4.42. The maximum atomic E-state index is 11.4. The molecular formula is C22H20N6O12WY-2. The SMILES string of the molecule is CCN1C(=O)C2(C(=O)N(C)C2=O)C1=O.CN1C(=O)C2(C(=O)[N-]C2=O)C1=O.CN1C(=O)C2(C(=O)[N-]C2=O)C1=O.[CH3-].[CH3-].[W+2].[Y]. The third kappa shape index (κ3) is 3.80. The molecule has 6 aliphatic rings. The van der Waals surface area contributed by atoms with Crippen molar-refractivity contribution in [3.8, 4) is 0 Å². The molecule has 6 saturated heterocycles. The zero-order chi connectivity index (χ0) is 28.9. The van der Waals surface area contributed by atoms with Gasteiger partial charge in [-0.25, -0.2) is 0 Å². The summed E-state index contributed by atoms with van der Waals surface area (Å²) in [6.07, 6.45) is 0. The van der Waals surface area contributed by atoms with E-state index >= 15 is 0 Å². The van der Waals surface area contributed by atoms with Gasteiger partial charge in [-0.05, 0) is 6.92 Å². The van der Waals surface area contributed by atoms with E-state index in [1.807, 2.05) is 0 Å². The molecule has 0 atom stereocenters. The Hall–Kier alpha value is -3.37. The van der Waals surface area contributed by atoms with E-state index in [4.69, 9.17) is 0 Å². The first-order valence-corrected chi connectivity index (χ1v) is 10.5. The zero-order valence-electron chi connectivity index (χ0n) is 22.8. The Morgan fingerprint density at radius 1 is 0.476 bits per heavy atom. The summed E-state index contributed by atoms with van der Waals surface area (Å²) in [7, 11) is 3.69. The van der Waals surface area contributed by atoms with E-state index in [0.717, 1.165) is 19.6 Å². The van der Waals surface area contributed by atoms with Crippen LogP contribution in [0.15, 0.2) is 0 Å². The summed E-state index contributed by atoms with van der Waals surface area (Å²) in [5, 5.41) is 5.77. The molecule has 0 bridgehead atoms. The van der Waals surface area contributed by atoms with Crippen LogP contribution in [0.2, 0.25) is 0 Å². The molecule has 42 heavy (non-hydrogen) atoms. The van der Waals surface area contributed by atoms with Crippen LogP contribution >= 0.6 is 0 Å². The molecule has 0 unspecified atom stereocenters. The van der Waals surface area contributed by atoms with Crippen molar-refractivity contribution in [1.82, 2.24) is 19.6 Å². The van der Waals surface area contributed by atoms with Crippen molar-refractivity contribution in [2.45, 2.75) is 6.92 Å². The number of carbonyl (C=O) groups excluding carboxylic acids is 12. The average molecular weight is 833 g/mol. The second-order valence-electron chi connectivity index (χ2n) is 8.56. The summed E-state index contributed by atoms with van der Waals surface area (Å²) in [4.78, 5) is 136. The maximum Gasteiger partial charge on any atom is 2.00 e. The van der Waals surface area contributed by atoms with Gasteiger partial charge >= 0.3 is 21.1 Å². The molecule has 0 aromatic rings. The van der Waals surface area contributed by atoms with E-state index < -0.39 is 87.1 Å². The predicted molar refractivity (Wildman–Crippen MR) is 123 cm³/mol. The van der Waals surface area contributed by atoms with E-state index in [9.17, 15) is 57.5 Å². The summed E-state index contributed by atoms with van der Waals surface area (Å²) in [5.41, 5.74) is -6.08. The minimum absolute atomic E-state index is 0. The minimum atomic E-state index is -2.05. The van der Waals surface area contributed by atoms with Crippen LogP contribution in [0.3, 0.4) is 0 Å². The van der Waals surface area contributed by atoms with E-state index in [1.165, 1.54) is 21.1 Å². The summed E-state index contributed by atoms with van der Waals surface area (Å²) < 4.78 is 0. The van der Waals surface area contributed by atoms with Crippen LogP contribution in [-0.2, 0) is 111 Å². The molecule has 6 aliphatic heterocycles. The number of hydrogen-bond acceptors (Lipinski definition) is 12. The molecule has 0 N–H and O–H groups in total. The molecule has 6 fully saturated rings. The Morgan fingerprint density at radius 2 is 0.690 bits per heavy atom. The number of hydrogen-bond donors (Lipinski definition) is 0. The van der Waals surface area contributed by atoms with Gasteiger partial charge in [-0.15, -0.1) is 0 Å². The molecule has 12 amide bonds. The fourth-order valence-electron chi connectivity index (χ4n) is 4.42. The van der Waals surface area contributed by atoms with Gasteiger partial charge in [0.05, 0.1) is 23.6 Å². The Kier molecular flexibility index (Phi) is 10.8. The van der Waals surface area contributed by atoms with Gasteiger partial charge in [0.25, 0.3) is 52.7 Å². The smallest absolute Gasteiger partial charge is 0.592 e. The van der Waals surface area contributed by atoms with Crippen LogP contribution in [-0.4, -0.2) is 118 Å². The van der Waals surface area contributed by atoms with Crippen molar-refractivity contribution in [2.75, 3.05) is 27.7 Å². The average Bonchev–Trinajstić information content (AvgIpc) is 2.89. The third-order valence-corrected chi connectivity index (χ3v) is 6.89. The van der Waals surface area contributed by atoms with Gasteiger partial charge in [0.2, 0.25) is 10.8 Å². The van der Waals surface area contributed by atoms with Gasteiger partial charge in [0.15, 0.2) is 0 Å². The minimum Gasteiger partial charge on any atom is -0.592 e. The van der Waals surface area contributed by atoms with E-state index in [0.29, 0.717) is 0 Å². The Bertz CT molecular complexity index is 1260. The predicted octanol–water partition coefficient (Wildman–Crippen LogP) is -3.92. The van der Waals surface area contributed by atoms with Crippen molar-refractivity contribution >= 4 is 70.9 Å². The zero-order valence-corrected chi connectivity index (χ0v) is 28.5. The first-order chi connectivity index (χ1) is 17.5. The van der Waals surface area contributed by atoms with Crippen LogP contribution in [0.25, 0.3) is 10.6 Å². The molecule has 18 nitrogen and oxygen atoms in total. The molecule has 20 heteroatoms. The van der Waals surface area contributed by atoms with Gasteiger partial charge in [-0.2, -0.15) is 0 Å². The first-order valence-electron chi connectivity index (χ1n) is 10.5. The molecule has 1 radical (unpaired) electrons. The molecule has 221 valence electrons. The number of imide groups is 6. The number of likely N-dealkylation sites (tertiary alicyclic amines) is 4. The monoisotopic (exact) mass is 833 g/mol. The number of carbonyl (C=O) groups is 12. The molecule has 0 aromatic carbocycles. The quantitative estimate of drug-likeness (QED) is 0.140. The van der Waals surface area contributed by atoms with Crippen LogP contribution < -0.4 is 0 Å². The van der Waals surface area contributed by atoms with Crippen LogP contribution in [0.1, 0.15) is 6.92 Å². The summed E-state index contributed by atoms with van der Waals surface area (Å²) in [5.74, 6) is -9.56. The molecular weight excluding hydrogens is 813 g/mol. The molecule has 0 aromatic heterocycles.